The van der Waals surface area contributed by atoms with E-state index < -0.39 is 22.0 Å². The van der Waals surface area contributed by atoms with Gasteiger partial charge in [-0.1, -0.05) is 0 Å². The zero-order valence-electron chi connectivity index (χ0n) is 12.1. The van der Waals surface area contributed by atoms with Crippen molar-refractivity contribution in [3.8, 4) is 0 Å². The average molecular weight is 385 g/mol. The van der Waals surface area contributed by atoms with E-state index in [1.165, 1.54) is 23.5 Å². The SMILES string of the molecule is CC(C)(SC(=S)S[C](C)(C)[Co](=[O])[CH2]CO)C(=O)CCO. The summed E-state index contributed by atoms with van der Waals surface area (Å²) in [5.41, 5.74) is 0. The van der Waals surface area contributed by atoms with Crippen LogP contribution in [0.25, 0.3) is 0 Å². The molecule has 121 valence electrons. The monoisotopic (exact) mass is 385 g/mol. The molecule has 0 aliphatic rings. The Labute approximate surface area is 138 Å². The number of carbonyl (C=O) groups excluding carboxylic acids is 1. The molecule has 0 aliphatic heterocycles. The molecule has 2 N–H and O–H groups in total. The van der Waals surface area contributed by atoms with E-state index in [2.05, 4.69) is 0 Å². The minimum atomic E-state index is -1.56. The van der Waals surface area contributed by atoms with E-state index in [4.69, 9.17) is 22.4 Å². The van der Waals surface area contributed by atoms with Crippen molar-refractivity contribution in [2.24, 2.45) is 0 Å². The molecule has 0 aliphatic carbocycles. The predicted molar refractivity (Wildman–Crippen MR) is 85.2 cm³/mol. The van der Waals surface area contributed by atoms with Crippen LogP contribution in [0, 0.1) is 0 Å². The van der Waals surface area contributed by atoms with E-state index >= 15 is 0 Å². The number of ketones is 1. The Hall–Kier alpha value is 0.686. The van der Waals surface area contributed by atoms with Crippen LogP contribution in [0.3, 0.4) is 0 Å². The summed E-state index contributed by atoms with van der Waals surface area (Å²) in [6, 6.07) is 0. The van der Waals surface area contributed by atoms with Crippen molar-refractivity contribution < 1.29 is 32.5 Å². The van der Waals surface area contributed by atoms with Crippen LogP contribution in [-0.4, -0.2) is 41.2 Å². The van der Waals surface area contributed by atoms with E-state index in [0.717, 1.165) is 0 Å². The molecule has 0 rings (SSSR count). The average Bonchev–Trinajstić information content (AvgIpc) is 2.27. The molecule has 0 aromatic rings. The van der Waals surface area contributed by atoms with Gasteiger partial charge in [0.25, 0.3) is 0 Å². The Morgan fingerprint density at radius 3 is 2.15 bits per heavy atom. The Morgan fingerprint density at radius 1 is 1.15 bits per heavy atom. The summed E-state index contributed by atoms with van der Waals surface area (Å²) in [4.78, 5) is 11.9. The van der Waals surface area contributed by atoms with Crippen LogP contribution in [0.4, 0.5) is 0 Å². The zero-order valence-corrected chi connectivity index (χ0v) is 15.6. The standard InChI is InChI=1S/C10H17O2S3.C2H5O.Co.O/c1-7(2)14-9(13)15-10(3,4)8(12)5-6-11;1-2-3;;/h11H,5-6H2,1-4H3;3H,1-2H2;;. The topological polar surface area (TPSA) is 74.6 Å². The van der Waals surface area contributed by atoms with Gasteiger partial charge < -0.3 is 0 Å². The van der Waals surface area contributed by atoms with Gasteiger partial charge in [0.15, 0.2) is 0 Å². The molecular weight excluding hydrogens is 363 g/mol. The fraction of sp³-hybridized carbons (Fsp3) is 0.833. The summed E-state index contributed by atoms with van der Waals surface area (Å²) in [6.07, 6.45) is 0.106. The quantitative estimate of drug-likeness (QED) is 0.622. The van der Waals surface area contributed by atoms with Gasteiger partial charge in [-0.05, 0) is 0 Å². The number of thioether (sulfide) groups is 2. The second-order valence-corrected chi connectivity index (χ2v) is 12.3. The van der Waals surface area contributed by atoms with Gasteiger partial charge in [0.1, 0.15) is 0 Å². The summed E-state index contributed by atoms with van der Waals surface area (Å²) in [6.45, 7) is 6.89. The molecular formula is C12H22CoO4S3. The van der Waals surface area contributed by atoms with E-state index in [0.29, 0.717) is 3.53 Å². The molecule has 0 atom stereocenters. The van der Waals surface area contributed by atoms with Gasteiger partial charge in [-0.3, -0.25) is 0 Å². The van der Waals surface area contributed by atoms with Gasteiger partial charge in [-0.2, -0.15) is 0 Å². The van der Waals surface area contributed by atoms with E-state index in [1.54, 1.807) is 13.8 Å². The van der Waals surface area contributed by atoms with E-state index in [1.807, 2.05) is 13.8 Å². The molecule has 20 heavy (non-hydrogen) atoms. The molecule has 0 fully saturated rings. The van der Waals surface area contributed by atoms with Crippen LogP contribution >= 0.6 is 35.7 Å². The number of aliphatic hydroxyl groups is 2. The molecule has 0 aromatic heterocycles. The molecule has 0 radical (unpaired) electrons. The summed E-state index contributed by atoms with van der Waals surface area (Å²) < 4.78 is 11.3. The van der Waals surface area contributed by atoms with Crippen molar-refractivity contribution >= 4 is 45.1 Å². The van der Waals surface area contributed by atoms with Crippen LogP contribution in [0.15, 0.2) is 0 Å². The Bertz CT molecular complexity index is 349. The van der Waals surface area contributed by atoms with Crippen molar-refractivity contribution in [3.63, 3.8) is 0 Å². The maximum atomic E-state index is 12.0. The normalized spacial score (nSPS) is 13.2. The number of rotatable bonds is 8. The van der Waals surface area contributed by atoms with Crippen LogP contribution in [-0.2, 0) is 22.2 Å². The van der Waals surface area contributed by atoms with Crippen LogP contribution < -0.4 is 0 Å². The molecule has 0 heterocycles. The first kappa shape index (κ1) is 20.7. The summed E-state index contributed by atoms with van der Waals surface area (Å²) in [5, 5.41) is 17.9. The van der Waals surface area contributed by atoms with Gasteiger partial charge >= 0.3 is 139 Å². The van der Waals surface area contributed by atoms with Crippen molar-refractivity contribution in [2.45, 2.75) is 47.9 Å². The summed E-state index contributed by atoms with van der Waals surface area (Å²) in [5.74, 6) is -0.0645. The van der Waals surface area contributed by atoms with Crippen LogP contribution in [0.2, 0.25) is 5.36 Å². The number of carbonyl (C=O) groups is 1. The first-order chi connectivity index (χ1) is 9.06. The summed E-state index contributed by atoms with van der Waals surface area (Å²) >= 11 is 6.27. The fourth-order valence-electron chi connectivity index (χ4n) is 1.19. The van der Waals surface area contributed by atoms with E-state index in [-0.39, 0.29) is 30.8 Å². The third-order valence-corrected chi connectivity index (χ3v) is 7.94. The molecule has 4 nitrogen and oxygen atoms in total. The van der Waals surface area contributed by atoms with Crippen molar-refractivity contribution in [2.75, 3.05) is 13.2 Å². The number of hydrogen-bond acceptors (Lipinski definition) is 7. The van der Waals surface area contributed by atoms with E-state index in [9.17, 15) is 8.66 Å². The Morgan fingerprint density at radius 2 is 1.70 bits per heavy atom. The first-order valence-electron chi connectivity index (χ1n) is 6.00. The maximum absolute atomic E-state index is 12.0. The molecule has 0 aromatic carbocycles. The molecule has 0 unspecified atom stereocenters. The van der Waals surface area contributed by atoms with Crippen LogP contribution in [0.5, 0.6) is 0 Å². The van der Waals surface area contributed by atoms with Gasteiger partial charge in [0.05, 0.1) is 0 Å². The van der Waals surface area contributed by atoms with Crippen molar-refractivity contribution in [3.05, 3.63) is 0 Å². The van der Waals surface area contributed by atoms with Crippen molar-refractivity contribution in [1.29, 1.82) is 0 Å². The summed E-state index contributed by atoms with van der Waals surface area (Å²) in [7, 11) is 0. The van der Waals surface area contributed by atoms with Gasteiger partial charge in [-0.15, -0.1) is 0 Å². The molecule has 0 saturated heterocycles. The number of thiocarbonyl (C=S) groups is 1. The third-order valence-electron chi connectivity index (χ3n) is 2.34. The molecule has 8 heteroatoms. The molecule has 0 bridgehead atoms. The Kier molecular flexibility index (Phi) is 9.28. The van der Waals surface area contributed by atoms with Crippen molar-refractivity contribution in [1.82, 2.24) is 0 Å². The second-order valence-electron chi connectivity index (χ2n) is 4.84. The number of Topliss-reactive ketones (excluding diaryl/α,β-unsaturated/α-hetero) is 1. The van der Waals surface area contributed by atoms with Gasteiger partial charge in [0.2, 0.25) is 0 Å². The predicted octanol–water partition coefficient (Wildman–Crippen LogP) is 2.58. The Balaban J connectivity index is 4.63. The number of aliphatic hydroxyl groups excluding tert-OH is 2. The molecule has 0 amide bonds. The minimum absolute atomic E-state index is 0.0645. The second kappa shape index (κ2) is 8.97. The van der Waals surface area contributed by atoms with Gasteiger partial charge in [0, 0.05) is 0 Å². The van der Waals surface area contributed by atoms with Crippen LogP contribution in [0.1, 0.15) is 34.1 Å². The zero-order chi connectivity index (χ0) is 16.0. The number of hydrogen-bond donors (Lipinski definition) is 2. The first-order valence-corrected chi connectivity index (χ1v) is 9.72. The molecule has 0 spiro atoms. The third kappa shape index (κ3) is 7.10. The van der Waals surface area contributed by atoms with Gasteiger partial charge in [-0.25, -0.2) is 0 Å². The molecule has 0 saturated carbocycles. The fourth-order valence-corrected chi connectivity index (χ4v) is 7.13.